The van der Waals surface area contributed by atoms with Crippen molar-refractivity contribution < 1.29 is 15.0 Å². The molecule has 2 N–H and O–H groups in total. The van der Waals surface area contributed by atoms with E-state index in [1.807, 2.05) is 6.92 Å². The number of rotatable bonds is 2. The number of carboxylic acid groups (broad SMARTS) is 1. The topological polar surface area (TPSA) is 83.3 Å². The number of aliphatic hydroxyl groups excluding tert-OH is 1. The molecule has 0 atom stereocenters. The summed E-state index contributed by atoms with van der Waals surface area (Å²) in [4.78, 5) is 19.7. The number of carboxylic acids is 1. The summed E-state index contributed by atoms with van der Waals surface area (Å²) in [6.45, 7) is 1.47. The van der Waals surface area contributed by atoms with Crippen LogP contribution in [0.1, 0.15) is 20.9 Å². The van der Waals surface area contributed by atoms with Gasteiger partial charge in [0, 0.05) is 11.8 Å². The van der Waals surface area contributed by atoms with Crippen molar-refractivity contribution >= 4 is 27.7 Å². The van der Waals surface area contributed by atoms with Gasteiger partial charge in [0.1, 0.15) is 10.3 Å². The summed E-state index contributed by atoms with van der Waals surface area (Å²) < 4.78 is 0. The number of aromatic carboxylic acids is 1. The summed E-state index contributed by atoms with van der Waals surface area (Å²) >= 11 is 1.38. The first kappa shape index (κ1) is 10.0. The van der Waals surface area contributed by atoms with E-state index >= 15 is 0 Å². The van der Waals surface area contributed by atoms with Crippen molar-refractivity contribution in [3.05, 3.63) is 22.3 Å². The van der Waals surface area contributed by atoms with Gasteiger partial charge < -0.3 is 10.2 Å². The number of aromatic nitrogens is 2. The van der Waals surface area contributed by atoms with Crippen LogP contribution >= 0.6 is 11.3 Å². The smallest absolute Gasteiger partial charge is 0.337 e. The van der Waals surface area contributed by atoms with Gasteiger partial charge in [0.2, 0.25) is 0 Å². The third kappa shape index (κ3) is 1.57. The highest BCUT2D eigenvalue weighted by Gasteiger charge is 2.16. The Hall–Kier alpha value is -1.53. The second-order valence-electron chi connectivity index (χ2n) is 3.00. The minimum Gasteiger partial charge on any atom is -0.478 e. The lowest BCUT2D eigenvalue weighted by atomic mass is 10.1. The fourth-order valence-electron chi connectivity index (χ4n) is 1.37. The quantitative estimate of drug-likeness (QED) is 0.800. The zero-order valence-corrected chi connectivity index (χ0v) is 8.71. The summed E-state index contributed by atoms with van der Waals surface area (Å²) in [7, 11) is 0. The Morgan fingerprint density at radius 3 is 2.93 bits per heavy atom. The van der Waals surface area contributed by atoms with Gasteiger partial charge in [-0.1, -0.05) is 11.3 Å². The standard InChI is InChI=1S/C9H8N2O3S/c1-4-11-7-6(3-12)5(9(13)14)2-10-8(7)15-4/h2,12H,3H2,1H3,(H,13,14). The summed E-state index contributed by atoms with van der Waals surface area (Å²) in [5.74, 6) is -1.10. The molecule has 0 aliphatic heterocycles. The molecule has 0 amide bonds. The number of fused-ring (bicyclic) bond motifs is 1. The van der Waals surface area contributed by atoms with Gasteiger partial charge in [-0.2, -0.15) is 0 Å². The molecule has 0 radical (unpaired) electrons. The predicted molar refractivity (Wildman–Crippen MR) is 55.0 cm³/mol. The Morgan fingerprint density at radius 2 is 2.33 bits per heavy atom. The summed E-state index contributed by atoms with van der Waals surface area (Å²) in [5.41, 5.74) is 0.826. The lowest BCUT2D eigenvalue weighted by Gasteiger charge is -2.01. The Balaban J connectivity index is 2.80. The van der Waals surface area contributed by atoms with Crippen LogP contribution in [0.3, 0.4) is 0 Å². The van der Waals surface area contributed by atoms with Gasteiger partial charge in [-0.15, -0.1) is 0 Å². The molecule has 5 nitrogen and oxygen atoms in total. The van der Waals surface area contributed by atoms with E-state index in [2.05, 4.69) is 9.97 Å². The molecule has 0 fully saturated rings. The van der Waals surface area contributed by atoms with E-state index in [0.29, 0.717) is 15.9 Å². The minimum absolute atomic E-state index is 0.00954. The van der Waals surface area contributed by atoms with E-state index in [1.165, 1.54) is 17.5 Å². The van der Waals surface area contributed by atoms with Gasteiger partial charge in [-0.05, 0) is 6.92 Å². The van der Waals surface area contributed by atoms with E-state index in [1.54, 1.807) is 0 Å². The molecule has 0 unspecified atom stereocenters. The molecule has 0 aromatic carbocycles. The van der Waals surface area contributed by atoms with Crippen molar-refractivity contribution in [3.8, 4) is 0 Å². The molecular weight excluding hydrogens is 216 g/mol. The van der Waals surface area contributed by atoms with E-state index in [0.717, 1.165) is 5.01 Å². The molecule has 0 saturated carbocycles. The average molecular weight is 224 g/mol. The molecule has 15 heavy (non-hydrogen) atoms. The predicted octanol–water partition coefficient (Wildman–Crippen LogP) is 1.19. The molecule has 0 spiro atoms. The van der Waals surface area contributed by atoms with Crippen molar-refractivity contribution in [2.45, 2.75) is 13.5 Å². The van der Waals surface area contributed by atoms with Crippen LogP contribution in [0.15, 0.2) is 6.20 Å². The van der Waals surface area contributed by atoms with E-state index in [4.69, 9.17) is 10.2 Å². The van der Waals surface area contributed by atoms with Crippen molar-refractivity contribution in [3.63, 3.8) is 0 Å². The largest absolute Gasteiger partial charge is 0.478 e. The van der Waals surface area contributed by atoms with Crippen molar-refractivity contribution in [1.29, 1.82) is 0 Å². The molecular formula is C9H8N2O3S. The number of thiazole rings is 1. The van der Waals surface area contributed by atoms with Crippen LogP contribution in [0.4, 0.5) is 0 Å². The number of carbonyl (C=O) groups is 1. The Kier molecular flexibility index (Phi) is 2.37. The zero-order chi connectivity index (χ0) is 11.0. The highest BCUT2D eigenvalue weighted by atomic mass is 32.1. The van der Waals surface area contributed by atoms with E-state index in [9.17, 15) is 4.79 Å². The maximum atomic E-state index is 10.9. The van der Waals surface area contributed by atoms with Crippen LogP contribution in [-0.2, 0) is 6.61 Å². The van der Waals surface area contributed by atoms with Crippen LogP contribution in [-0.4, -0.2) is 26.2 Å². The molecule has 6 heteroatoms. The Labute approximate surface area is 89.0 Å². The zero-order valence-electron chi connectivity index (χ0n) is 7.89. The molecule has 78 valence electrons. The van der Waals surface area contributed by atoms with Crippen LogP contribution in [0, 0.1) is 6.92 Å². The number of hydrogen-bond acceptors (Lipinski definition) is 5. The molecule has 0 bridgehead atoms. The Morgan fingerprint density at radius 1 is 1.60 bits per heavy atom. The summed E-state index contributed by atoms with van der Waals surface area (Å²) in [6, 6.07) is 0. The van der Waals surface area contributed by atoms with Crippen molar-refractivity contribution in [2.24, 2.45) is 0 Å². The SMILES string of the molecule is Cc1nc2c(CO)c(C(=O)O)cnc2s1. The average Bonchev–Trinajstić information content (AvgIpc) is 2.55. The molecule has 2 rings (SSSR count). The van der Waals surface area contributed by atoms with Gasteiger partial charge in [0.25, 0.3) is 0 Å². The lowest BCUT2D eigenvalue weighted by Crippen LogP contribution is -2.04. The third-order valence-electron chi connectivity index (χ3n) is 2.03. The highest BCUT2D eigenvalue weighted by molar-refractivity contribution is 7.18. The monoisotopic (exact) mass is 224 g/mol. The molecule has 2 aromatic rings. The van der Waals surface area contributed by atoms with E-state index in [-0.39, 0.29) is 12.2 Å². The number of hydrogen-bond donors (Lipinski definition) is 2. The van der Waals surface area contributed by atoms with Crippen LogP contribution in [0.5, 0.6) is 0 Å². The number of pyridine rings is 1. The maximum Gasteiger partial charge on any atom is 0.337 e. The first-order chi connectivity index (χ1) is 7.13. The first-order valence-corrected chi connectivity index (χ1v) is 5.04. The lowest BCUT2D eigenvalue weighted by molar-refractivity contribution is 0.0693. The molecule has 0 saturated heterocycles. The first-order valence-electron chi connectivity index (χ1n) is 4.22. The van der Waals surface area contributed by atoms with Crippen LogP contribution < -0.4 is 0 Å². The van der Waals surface area contributed by atoms with Gasteiger partial charge in [0.05, 0.1) is 17.2 Å². The summed E-state index contributed by atoms with van der Waals surface area (Å²) in [5, 5.41) is 18.8. The van der Waals surface area contributed by atoms with E-state index < -0.39 is 5.97 Å². The second kappa shape index (κ2) is 3.56. The number of nitrogens with zero attached hydrogens (tertiary/aromatic N) is 2. The molecule has 2 heterocycles. The van der Waals surface area contributed by atoms with Gasteiger partial charge in [-0.25, -0.2) is 14.8 Å². The fraction of sp³-hybridized carbons (Fsp3) is 0.222. The van der Waals surface area contributed by atoms with Crippen molar-refractivity contribution in [1.82, 2.24) is 9.97 Å². The van der Waals surface area contributed by atoms with Gasteiger partial charge in [-0.3, -0.25) is 0 Å². The molecule has 2 aromatic heterocycles. The third-order valence-corrected chi connectivity index (χ3v) is 2.91. The maximum absolute atomic E-state index is 10.9. The highest BCUT2D eigenvalue weighted by Crippen LogP contribution is 2.24. The van der Waals surface area contributed by atoms with Gasteiger partial charge in [0.15, 0.2) is 0 Å². The Bertz CT molecular complexity index is 535. The minimum atomic E-state index is -1.10. The second-order valence-corrected chi connectivity index (χ2v) is 4.18. The van der Waals surface area contributed by atoms with Crippen molar-refractivity contribution in [2.75, 3.05) is 0 Å². The molecule has 0 aliphatic rings. The normalized spacial score (nSPS) is 10.8. The molecule has 0 aliphatic carbocycles. The van der Waals surface area contributed by atoms with Crippen LogP contribution in [0.25, 0.3) is 10.3 Å². The number of aryl methyl sites for hydroxylation is 1. The fourth-order valence-corrected chi connectivity index (χ4v) is 2.16. The van der Waals surface area contributed by atoms with Gasteiger partial charge >= 0.3 is 5.97 Å². The number of aliphatic hydroxyl groups is 1. The summed E-state index contributed by atoms with van der Waals surface area (Å²) in [6.07, 6.45) is 1.26. The van der Waals surface area contributed by atoms with Crippen LogP contribution in [0.2, 0.25) is 0 Å².